The topological polar surface area (TPSA) is 54.2 Å². The van der Waals surface area contributed by atoms with Gasteiger partial charge in [-0.25, -0.2) is 4.68 Å². The van der Waals surface area contributed by atoms with Gasteiger partial charge in [-0.2, -0.15) is 10.1 Å². The molecule has 5 nitrogen and oxygen atoms in total. The molecule has 1 N–H and O–H groups in total. The van der Waals surface area contributed by atoms with E-state index in [-0.39, 0.29) is 5.88 Å². The number of hydrogen-bond donors (Lipinski definition) is 1. The summed E-state index contributed by atoms with van der Waals surface area (Å²) in [4.78, 5) is 6.84. The number of aromatic nitrogens is 3. The molecule has 0 radical (unpaired) electrons. The molecule has 21 heavy (non-hydrogen) atoms. The van der Waals surface area contributed by atoms with Gasteiger partial charge in [0.05, 0.1) is 5.69 Å². The number of nitrogens with zero attached hydrogens (tertiary/aromatic N) is 4. The van der Waals surface area contributed by atoms with Crippen LogP contribution >= 0.6 is 0 Å². The molecule has 2 aromatic rings. The molecule has 0 spiro atoms. The minimum Gasteiger partial charge on any atom is -0.493 e. The smallest absolute Gasteiger partial charge is 0.217 e. The van der Waals surface area contributed by atoms with Crippen molar-refractivity contribution in [2.24, 2.45) is 0 Å². The second-order valence-corrected chi connectivity index (χ2v) is 5.98. The molecule has 0 bridgehead atoms. The number of aryl methyl sites for hydroxylation is 3. The fourth-order valence-electron chi connectivity index (χ4n) is 3.36. The lowest BCUT2D eigenvalue weighted by Gasteiger charge is -2.27. The van der Waals surface area contributed by atoms with E-state index in [9.17, 15) is 5.11 Å². The van der Waals surface area contributed by atoms with Gasteiger partial charge >= 0.3 is 0 Å². The summed E-state index contributed by atoms with van der Waals surface area (Å²) in [5.74, 6) is 0.167. The monoisotopic (exact) mass is 288 g/mol. The zero-order valence-electron chi connectivity index (χ0n) is 13.2. The van der Waals surface area contributed by atoms with Gasteiger partial charge in [0, 0.05) is 24.0 Å². The van der Waals surface area contributed by atoms with Crippen LogP contribution in [-0.4, -0.2) is 37.9 Å². The van der Waals surface area contributed by atoms with E-state index in [1.54, 1.807) is 0 Å². The molecule has 114 valence electrons. The number of fused-ring (bicyclic) bond motifs is 1. The van der Waals surface area contributed by atoms with Crippen LogP contribution in [0.25, 0.3) is 11.0 Å². The van der Waals surface area contributed by atoms with E-state index >= 15 is 0 Å². The van der Waals surface area contributed by atoms with Gasteiger partial charge in [-0.05, 0) is 52.3 Å². The predicted octanol–water partition coefficient (Wildman–Crippen LogP) is 2.76. The summed E-state index contributed by atoms with van der Waals surface area (Å²) in [6, 6.07) is 0. The quantitative estimate of drug-likeness (QED) is 0.943. The lowest BCUT2D eigenvalue weighted by Crippen LogP contribution is -2.29. The minimum atomic E-state index is 0.167. The average molecular weight is 288 g/mol. The van der Waals surface area contributed by atoms with Crippen LogP contribution in [0.1, 0.15) is 43.0 Å². The average Bonchev–Trinajstić information content (AvgIpc) is 2.80. The van der Waals surface area contributed by atoms with E-state index in [1.807, 2.05) is 18.5 Å². The molecule has 0 atom stereocenters. The number of rotatable bonds is 3. The third-order valence-electron chi connectivity index (χ3n) is 4.54. The molecule has 2 aromatic heterocycles. The Morgan fingerprint density at radius 1 is 1.14 bits per heavy atom. The zero-order valence-corrected chi connectivity index (χ0v) is 13.2. The van der Waals surface area contributed by atoms with Crippen molar-refractivity contribution >= 4 is 11.0 Å². The highest BCUT2D eigenvalue weighted by Gasteiger charge is 2.20. The number of aromatic hydroxyl groups is 1. The summed E-state index contributed by atoms with van der Waals surface area (Å²) in [6.45, 7) is 9.93. The summed E-state index contributed by atoms with van der Waals surface area (Å²) >= 11 is 0. The van der Waals surface area contributed by atoms with Crippen molar-refractivity contribution in [3.63, 3.8) is 0 Å². The van der Waals surface area contributed by atoms with Crippen molar-refractivity contribution in [2.45, 2.75) is 53.1 Å². The van der Waals surface area contributed by atoms with Crippen molar-refractivity contribution in [2.75, 3.05) is 13.1 Å². The molecule has 3 heterocycles. The zero-order chi connectivity index (χ0) is 15.0. The number of piperidine rings is 1. The molecule has 0 saturated carbocycles. The largest absolute Gasteiger partial charge is 0.493 e. The summed E-state index contributed by atoms with van der Waals surface area (Å²) in [5, 5.41) is 16.0. The van der Waals surface area contributed by atoms with E-state index in [1.165, 1.54) is 19.3 Å². The molecule has 0 amide bonds. The molecule has 1 saturated heterocycles. The van der Waals surface area contributed by atoms with E-state index in [0.717, 1.165) is 54.0 Å². The van der Waals surface area contributed by atoms with Gasteiger partial charge in [-0.3, -0.25) is 4.90 Å². The molecule has 0 aliphatic carbocycles. The highest BCUT2D eigenvalue weighted by atomic mass is 16.3. The maximum atomic E-state index is 10.4. The standard InChI is InChI=1S/C16H24N4O/c1-4-20-15-14(12(3)18-20)11(2)13(16(21)17-15)10-19-8-6-5-7-9-19/h4-10H2,1-3H3,(H,17,21). The molecule has 0 aromatic carbocycles. The number of pyridine rings is 1. The van der Waals surface area contributed by atoms with E-state index in [2.05, 4.69) is 21.9 Å². The predicted molar refractivity (Wildman–Crippen MR) is 83.5 cm³/mol. The Kier molecular flexibility index (Phi) is 3.85. The molecular formula is C16H24N4O. The Labute approximate surface area is 125 Å². The Morgan fingerprint density at radius 3 is 2.52 bits per heavy atom. The third kappa shape index (κ3) is 2.50. The number of hydrogen-bond acceptors (Lipinski definition) is 4. The van der Waals surface area contributed by atoms with Gasteiger partial charge in [0.15, 0.2) is 5.65 Å². The van der Waals surface area contributed by atoms with Crippen LogP contribution in [0.15, 0.2) is 0 Å². The van der Waals surface area contributed by atoms with Crippen molar-refractivity contribution in [1.82, 2.24) is 19.7 Å². The van der Waals surface area contributed by atoms with Crippen LogP contribution in [0, 0.1) is 13.8 Å². The second-order valence-electron chi connectivity index (χ2n) is 5.98. The van der Waals surface area contributed by atoms with Crippen LogP contribution in [0.2, 0.25) is 0 Å². The van der Waals surface area contributed by atoms with Crippen LogP contribution in [-0.2, 0) is 13.1 Å². The third-order valence-corrected chi connectivity index (χ3v) is 4.54. The van der Waals surface area contributed by atoms with Crippen LogP contribution in [0.5, 0.6) is 5.88 Å². The summed E-state index contributed by atoms with van der Waals surface area (Å²) in [5.41, 5.74) is 3.88. The van der Waals surface area contributed by atoms with Gasteiger partial charge in [0.25, 0.3) is 0 Å². The van der Waals surface area contributed by atoms with Gasteiger partial charge in [-0.15, -0.1) is 0 Å². The lowest BCUT2D eigenvalue weighted by atomic mass is 10.0. The first kappa shape index (κ1) is 14.3. The highest BCUT2D eigenvalue weighted by Crippen LogP contribution is 2.30. The summed E-state index contributed by atoms with van der Waals surface area (Å²) in [7, 11) is 0. The van der Waals surface area contributed by atoms with Gasteiger partial charge in [0.2, 0.25) is 5.88 Å². The molecule has 1 fully saturated rings. The van der Waals surface area contributed by atoms with Crippen LogP contribution in [0.4, 0.5) is 0 Å². The Balaban J connectivity index is 2.04. The van der Waals surface area contributed by atoms with Crippen molar-refractivity contribution < 1.29 is 5.11 Å². The van der Waals surface area contributed by atoms with E-state index < -0.39 is 0 Å². The van der Waals surface area contributed by atoms with Crippen molar-refractivity contribution in [1.29, 1.82) is 0 Å². The molecular weight excluding hydrogens is 264 g/mol. The Hall–Kier alpha value is -1.62. The van der Waals surface area contributed by atoms with Gasteiger partial charge in [-0.1, -0.05) is 6.42 Å². The molecule has 5 heteroatoms. The van der Waals surface area contributed by atoms with Gasteiger partial charge in [0.1, 0.15) is 0 Å². The SMILES string of the molecule is CCn1nc(C)c2c(C)c(CN3CCCCC3)c(O)nc21. The summed E-state index contributed by atoms with van der Waals surface area (Å²) in [6.07, 6.45) is 3.83. The first-order valence-electron chi connectivity index (χ1n) is 7.89. The molecule has 3 rings (SSSR count). The fourth-order valence-corrected chi connectivity index (χ4v) is 3.36. The maximum Gasteiger partial charge on any atom is 0.217 e. The van der Waals surface area contributed by atoms with E-state index in [0.29, 0.717) is 0 Å². The summed E-state index contributed by atoms with van der Waals surface area (Å²) < 4.78 is 1.86. The Bertz CT molecular complexity index is 656. The lowest BCUT2D eigenvalue weighted by molar-refractivity contribution is 0.217. The molecule has 1 aliphatic heterocycles. The highest BCUT2D eigenvalue weighted by molar-refractivity contribution is 5.84. The first-order valence-corrected chi connectivity index (χ1v) is 7.89. The maximum absolute atomic E-state index is 10.4. The van der Waals surface area contributed by atoms with Crippen LogP contribution in [0.3, 0.4) is 0 Å². The first-order chi connectivity index (χ1) is 10.1. The molecule has 0 unspecified atom stereocenters. The minimum absolute atomic E-state index is 0.167. The number of likely N-dealkylation sites (tertiary alicyclic amines) is 1. The van der Waals surface area contributed by atoms with E-state index in [4.69, 9.17) is 0 Å². The normalized spacial score (nSPS) is 16.7. The van der Waals surface area contributed by atoms with Crippen molar-refractivity contribution in [3.05, 3.63) is 16.8 Å². The fraction of sp³-hybridized carbons (Fsp3) is 0.625. The second kappa shape index (κ2) is 5.64. The van der Waals surface area contributed by atoms with Gasteiger partial charge < -0.3 is 5.11 Å². The van der Waals surface area contributed by atoms with Crippen LogP contribution < -0.4 is 0 Å². The van der Waals surface area contributed by atoms with Crippen molar-refractivity contribution in [3.8, 4) is 5.88 Å². The molecule has 1 aliphatic rings. The Morgan fingerprint density at radius 2 is 1.86 bits per heavy atom.